The Hall–Kier alpha value is -2.83. The van der Waals surface area contributed by atoms with Gasteiger partial charge < -0.3 is 15.0 Å². The topological polar surface area (TPSA) is 76.5 Å². The summed E-state index contributed by atoms with van der Waals surface area (Å²) in [6.45, 7) is 4.58. The number of benzene rings is 1. The van der Waals surface area contributed by atoms with Gasteiger partial charge in [-0.05, 0) is 57.0 Å². The lowest BCUT2D eigenvalue weighted by molar-refractivity contribution is -0.133. The zero-order chi connectivity index (χ0) is 21.3. The highest BCUT2D eigenvalue weighted by atomic mass is 16.5. The number of carbonyl (C=O) groups is 2. The van der Waals surface area contributed by atoms with Gasteiger partial charge in [0, 0.05) is 18.2 Å². The number of ether oxygens (including phenoxy) is 1. The van der Waals surface area contributed by atoms with Crippen LogP contribution in [0.5, 0.6) is 5.75 Å². The highest BCUT2D eigenvalue weighted by Gasteiger charge is 2.47. The van der Waals surface area contributed by atoms with Crippen LogP contribution in [0, 0.1) is 0 Å². The molecule has 2 aliphatic rings. The Morgan fingerprint density at radius 3 is 2.57 bits per heavy atom. The standard InChI is InChI=1S/C23H30N4O3/c1-4-26-21(28)20-14-19(16-10-12-18(30-3)13-11-16)25-27(20)15-23(26,2)22(29)24-17-8-6-5-7-9-17/h10-14,17H,4-9,15H2,1-3H3,(H,24,29). The van der Waals surface area contributed by atoms with Crippen molar-refractivity contribution in [2.75, 3.05) is 13.7 Å². The van der Waals surface area contributed by atoms with Crippen LogP contribution in [-0.2, 0) is 11.3 Å². The van der Waals surface area contributed by atoms with Crippen molar-refractivity contribution >= 4 is 11.8 Å². The second kappa shape index (κ2) is 8.13. The first-order valence-electron chi connectivity index (χ1n) is 10.8. The van der Waals surface area contributed by atoms with E-state index in [-0.39, 0.29) is 17.9 Å². The summed E-state index contributed by atoms with van der Waals surface area (Å²) in [6.07, 6.45) is 5.54. The molecular formula is C23H30N4O3. The minimum absolute atomic E-state index is 0.0863. The number of rotatable bonds is 5. The van der Waals surface area contributed by atoms with E-state index in [9.17, 15) is 9.59 Å². The Kier molecular flexibility index (Phi) is 5.54. The molecule has 1 saturated carbocycles. The molecule has 1 aliphatic carbocycles. The van der Waals surface area contributed by atoms with Crippen molar-refractivity contribution in [2.24, 2.45) is 0 Å². The molecule has 2 aromatic rings. The van der Waals surface area contributed by atoms with Gasteiger partial charge in [0.1, 0.15) is 17.0 Å². The van der Waals surface area contributed by atoms with E-state index in [1.54, 1.807) is 16.7 Å². The Morgan fingerprint density at radius 1 is 1.23 bits per heavy atom. The molecule has 7 heteroatoms. The molecule has 1 fully saturated rings. The number of fused-ring (bicyclic) bond motifs is 1. The summed E-state index contributed by atoms with van der Waals surface area (Å²) in [5.41, 5.74) is 1.18. The van der Waals surface area contributed by atoms with E-state index in [1.807, 2.05) is 44.2 Å². The summed E-state index contributed by atoms with van der Waals surface area (Å²) < 4.78 is 6.91. The molecule has 0 bridgehead atoms. The largest absolute Gasteiger partial charge is 0.497 e. The van der Waals surface area contributed by atoms with Crippen LogP contribution in [0.2, 0.25) is 0 Å². The van der Waals surface area contributed by atoms with E-state index in [2.05, 4.69) is 10.4 Å². The molecule has 1 aliphatic heterocycles. The number of aromatic nitrogens is 2. The molecule has 1 aromatic heterocycles. The van der Waals surface area contributed by atoms with E-state index in [4.69, 9.17) is 4.74 Å². The van der Waals surface area contributed by atoms with Gasteiger partial charge in [-0.3, -0.25) is 14.3 Å². The molecule has 1 unspecified atom stereocenters. The Morgan fingerprint density at radius 2 is 1.93 bits per heavy atom. The number of carbonyl (C=O) groups excluding carboxylic acids is 2. The Bertz CT molecular complexity index is 930. The molecular weight excluding hydrogens is 380 g/mol. The molecule has 0 spiro atoms. The molecule has 0 saturated heterocycles. The van der Waals surface area contributed by atoms with Crippen LogP contribution < -0.4 is 10.1 Å². The first-order valence-corrected chi connectivity index (χ1v) is 10.8. The Labute approximate surface area is 177 Å². The van der Waals surface area contributed by atoms with Gasteiger partial charge in [-0.25, -0.2) is 0 Å². The summed E-state index contributed by atoms with van der Waals surface area (Å²) in [7, 11) is 1.63. The van der Waals surface area contributed by atoms with Crippen LogP contribution in [0.3, 0.4) is 0 Å². The zero-order valence-electron chi connectivity index (χ0n) is 18.0. The Balaban J connectivity index is 1.62. The summed E-state index contributed by atoms with van der Waals surface area (Å²) in [6, 6.07) is 9.59. The summed E-state index contributed by atoms with van der Waals surface area (Å²) in [5, 5.41) is 7.88. The average molecular weight is 411 g/mol. The third-order valence-corrected chi connectivity index (χ3v) is 6.43. The summed E-state index contributed by atoms with van der Waals surface area (Å²) >= 11 is 0. The number of hydrogen-bond donors (Lipinski definition) is 1. The number of methoxy groups -OCH3 is 1. The highest BCUT2D eigenvalue weighted by molar-refractivity contribution is 6.00. The minimum atomic E-state index is -0.959. The SMILES string of the molecule is CCN1C(=O)c2cc(-c3ccc(OC)cc3)nn2CC1(C)C(=O)NC1CCCCC1. The number of nitrogens with zero attached hydrogens (tertiary/aromatic N) is 3. The molecule has 0 radical (unpaired) electrons. The number of hydrogen-bond acceptors (Lipinski definition) is 4. The molecule has 1 N–H and O–H groups in total. The fraction of sp³-hybridized carbons (Fsp3) is 0.522. The van der Waals surface area contributed by atoms with Crippen molar-refractivity contribution in [1.82, 2.24) is 20.0 Å². The van der Waals surface area contributed by atoms with Crippen LogP contribution >= 0.6 is 0 Å². The van der Waals surface area contributed by atoms with Gasteiger partial charge in [0.25, 0.3) is 5.91 Å². The predicted molar refractivity (Wildman–Crippen MR) is 114 cm³/mol. The second-order valence-electron chi connectivity index (χ2n) is 8.43. The lowest BCUT2D eigenvalue weighted by Gasteiger charge is -2.43. The van der Waals surface area contributed by atoms with E-state index in [0.29, 0.717) is 24.5 Å². The van der Waals surface area contributed by atoms with Gasteiger partial charge in [0.15, 0.2) is 0 Å². The van der Waals surface area contributed by atoms with Crippen LogP contribution in [-0.4, -0.2) is 51.7 Å². The van der Waals surface area contributed by atoms with Crippen LogP contribution in [0.25, 0.3) is 11.3 Å². The average Bonchev–Trinajstić information content (AvgIpc) is 3.18. The molecule has 7 nitrogen and oxygen atoms in total. The third-order valence-electron chi connectivity index (χ3n) is 6.43. The van der Waals surface area contributed by atoms with Crippen molar-refractivity contribution < 1.29 is 14.3 Å². The van der Waals surface area contributed by atoms with Crippen molar-refractivity contribution in [3.05, 3.63) is 36.0 Å². The molecule has 1 atom stereocenters. The molecule has 30 heavy (non-hydrogen) atoms. The first kappa shape index (κ1) is 20.4. The van der Waals surface area contributed by atoms with Crippen LogP contribution in [0.1, 0.15) is 56.4 Å². The van der Waals surface area contributed by atoms with E-state index >= 15 is 0 Å². The number of nitrogens with one attached hydrogen (secondary N) is 1. The summed E-state index contributed by atoms with van der Waals surface area (Å²) in [5.74, 6) is 0.525. The van der Waals surface area contributed by atoms with Crippen LogP contribution in [0.15, 0.2) is 30.3 Å². The van der Waals surface area contributed by atoms with E-state index in [0.717, 1.165) is 37.0 Å². The lowest BCUT2D eigenvalue weighted by atomic mass is 9.91. The highest BCUT2D eigenvalue weighted by Crippen LogP contribution is 2.31. The number of likely N-dealkylation sites (N-methyl/N-ethyl adjacent to an activating group) is 1. The molecule has 1 aromatic carbocycles. The summed E-state index contributed by atoms with van der Waals surface area (Å²) in [4.78, 5) is 28.3. The van der Waals surface area contributed by atoms with Crippen molar-refractivity contribution in [1.29, 1.82) is 0 Å². The van der Waals surface area contributed by atoms with Gasteiger partial charge in [-0.2, -0.15) is 5.10 Å². The van der Waals surface area contributed by atoms with Crippen molar-refractivity contribution in [3.8, 4) is 17.0 Å². The zero-order valence-corrected chi connectivity index (χ0v) is 18.0. The maximum absolute atomic E-state index is 13.3. The fourth-order valence-corrected chi connectivity index (χ4v) is 4.63. The molecule has 160 valence electrons. The van der Waals surface area contributed by atoms with Crippen LogP contribution in [0.4, 0.5) is 0 Å². The second-order valence-corrected chi connectivity index (χ2v) is 8.43. The van der Waals surface area contributed by atoms with Crippen molar-refractivity contribution in [3.63, 3.8) is 0 Å². The van der Waals surface area contributed by atoms with Gasteiger partial charge in [-0.15, -0.1) is 0 Å². The van der Waals surface area contributed by atoms with Gasteiger partial charge in [-0.1, -0.05) is 19.3 Å². The van der Waals surface area contributed by atoms with Gasteiger partial charge in [0.2, 0.25) is 5.91 Å². The maximum Gasteiger partial charge on any atom is 0.273 e. The molecule has 4 rings (SSSR count). The van der Waals surface area contributed by atoms with E-state index < -0.39 is 5.54 Å². The third kappa shape index (κ3) is 3.57. The lowest BCUT2D eigenvalue weighted by Crippen LogP contribution is -2.65. The maximum atomic E-state index is 13.3. The monoisotopic (exact) mass is 410 g/mol. The quantitative estimate of drug-likeness (QED) is 0.821. The predicted octanol–water partition coefficient (Wildman–Crippen LogP) is 3.24. The molecule has 2 amide bonds. The number of amides is 2. The van der Waals surface area contributed by atoms with Gasteiger partial charge >= 0.3 is 0 Å². The van der Waals surface area contributed by atoms with E-state index in [1.165, 1.54) is 6.42 Å². The normalized spacial score (nSPS) is 22.0. The van der Waals surface area contributed by atoms with Crippen molar-refractivity contribution in [2.45, 2.75) is 64.1 Å². The smallest absolute Gasteiger partial charge is 0.273 e. The first-order chi connectivity index (χ1) is 14.5. The van der Waals surface area contributed by atoms with Gasteiger partial charge in [0.05, 0.1) is 19.3 Å². The molecule has 2 heterocycles. The fourth-order valence-electron chi connectivity index (χ4n) is 4.63. The minimum Gasteiger partial charge on any atom is -0.497 e.